The van der Waals surface area contributed by atoms with Gasteiger partial charge in [0.15, 0.2) is 29.1 Å². The van der Waals surface area contributed by atoms with E-state index in [1.54, 1.807) is 48.5 Å². The van der Waals surface area contributed by atoms with E-state index in [0.29, 0.717) is 104 Å². The molecule has 8 heterocycles. The molecule has 17 aromatic rings. The van der Waals surface area contributed by atoms with Crippen LogP contribution in [-0.4, -0.2) is 132 Å². The van der Waals surface area contributed by atoms with Crippen molar-refractivity contribution in [3.05, 3.63) is 364 Å². The number of aromatic amines is 4. The number of para-hydroxylation sites is 4. The molecule has 6 N–H and O–H groups in total. The zero-order valence-electron chi connectivity index (χ0n) is 75.9. The summed E-state index contributed by atoms with van der Waals surface area (Å²) in [5.41, 5.74) is 8.63. The fourth-order valence-corrected chi connectivity index (χ4v) is 17.3. The molecule has 31 nitrogen and oxygen atoms in total. The standard InChI is InChI=1S/C30H27N5O3.C26H27N5O3.C25H25N5O3.C25H24N4O3/c1-20-9-5-7-13-24(20)30(15-16-30)19-31-28(37)23-12-6-8-14-25(23)38-18-22-17-26(36)35-29(32-22)33-27(34-35)21-10-3-2-4-11-21;1-30(20-12-6-3-7-13-20)25(33)21-14-8-9-15-22(21)34-17-19-16-23(32)31-26(27-19)28-24(29-31)18-10-4-2-5-11-18;31-22-15-19(27-25-28-23(29-30(22)25)17-9-3-1-4-10-17)16-33-21-14-8-7-13-20(21)24(32)26-18-11-5-2-6-12-18;30-21(11-6-7-17-13-14-17)20-10-4-5-12-22(20)32-16-19-15-23(31)29-25(26-19)27-24(28-29)18-8-2-1-3-9-18/h2-14,17H,15-16,18-19H2,1H3,(H,31,37)(H,32,33,34);2,4-5,8-11,14-16,20H,3,6-7,12-13,17H2,1H3,(H,27,28,29);1,3-4,7-10,13-15,18H,2,5-6,11-12,16H2,(H,26,32)(H,27,28,29);1-5,8-10,12,15,17H,6-7,11,13-14,16H2,(H,26,27,28). The third-order valence-corrected chi connectivity index (χ3v) is 25.0. The quantitative estimate of drug-likeness (QED) is 0.0237. The normalized spacial score (nSPS) is 13.9. The number of nitrogens with one attached hydrogen (secondary N) is 6. The molecule has 0 bridgehead atoms. The number of ether oxygens (including phenoxy) is 4. The van der Waals surface area contributed by atoms with E-state index in [1.807, 2.05) is 188 Å². The Morgan fingerprint density at radius 1 is 0.387 bits per heavy atom. The predicted octanol–water partition coefficient (Wildman–Crippen LogP) is 16.7. The van der Waals surface area contributed by atoms with Crippen LogP contribution < -0.4 is 51.8 Å². The Balaban J connectivity index is 0.000000122. The van der Waals surface area contributed by atoms with Gasteiger partial charge in [-0.15, -0.1) is 0 Å². The highest BCUT2D eigenvalue weighted by Crippen LogP contribution is 2.49. The van der Waals surface area contributed by atoms with Crippen molar-refractivity contribution in [1.82, 2.24) is 93.9 Å². The zero-order valence-corrected chi connectivity index (χ0v) is 75.9. The molecule has 0 spiro atoms. The number of carbonyl (C=O) groups excluding carboxylic acids is 4. The number of ketones is 1. The maximum absolute atomic E-state index is 13.2. The van der Waals surface area contributed by atoms with Gasteiger partial charge in [0.1, 0.15) is 49.4 Å². The van der Waals surface area contributed by atoms with Crippen LogP contribution in [0.5, 0.6) is 23.0 Å². The topological polar surface area (TPSA) is 385 Å². The number of aromatic nitrogens is 16. The highest BCUT2D eigenvalue weighted by molar-refractivity contribution is 5.99. The molecule has 0 aliphatic heterocycles. The number of fused-ring (bicyclic) bond motifs is 4. The van der Waals surface area contributed by atoms with Crippen LogP contribution in [0.4, 0.5) is 0 Å². The second-order valence-corrected chi connectivity index (χ2v) is 34.8. The molecule has 8 aromatic heterocycles. The monoisotopic (exact) mass is 1830 g/mol. The minimum absolute atomic E-state index is 0.000487. The molecule has 0 unspecified atom stereocenters. The maximum atomic E-state index is 13.2. The molecule has 0 radical (unpaired) electrons. The molecule has 31 heteroatoms. The Morgan fingerprint density at radius 2 is 0.723 bits per heavy atom. The lowest BCUT2D eigenvalue weighted by Gasteiger charge is -2.31. The Labute approximate surface area is 786 Å². The van der Waals surface area contributed by atoms with Crippen molar-refractivity contribution in [2.24, 2.45) is 5.92 Å². The van der Waals surface area contributed by atoms with Gasteiger partial charge < -0.3 is 34.5 Å². The number of nitrogens with zero attached hydrogens (tertiary/aromatic N) is 13. The number of amides is 3. The van der Waals surface area contributed by atoms with Gasteiger partial charge in [-0.2, -0.15) is 38.0 Å². The summed E-state index contributed by atoms with van der Waals surface area (Å²) >= 11 is 0. The molecule has 3 amide bonds. The van der Waals surface area contributed by atoms with Crippen LogP contribution in [0.1, 0.15) is 184 Å². The minimum atomic E-state index is -0.291. The number of hydrogen-bond acceptors (Lipinski definition) is 20. The van der Waals surface area contributed by atoms with Gasteiger partial charge in [0, 0.05) is 84.0 Å². The summed E-state index contributed by atoms with van der Waals surface area (Å²) in [5, 5.41) is 18.2. The van der Waals surface area contributed by atoms with E-state index >= 15 is 0 Å². The van der Waals surface area contributed by atoms with Crippen molar-refractivity contribution in [3.63, 3.8) is 0 Å². The fourth-order valence-electron chi connectivity index (χ4n) is 17.3. The Hall–Kier alpha value is -16.3. The van der Waals surface area contributed by atoms with Crippen LogP contribution in [0.3, 0.4) is 0 Å². The van der Waals surface area contributed by atoms with Crippen LogP contribution in [-0.2, 0) is 31.8 Å². The van der Waals surface area contributed by atoms with Crippen molar-refractivity contribution < 1.29 is 38.1 Å². The average Bonchev–Trinajstić information content (AvgIpc) is 1.59. The van der Waals surface area contributed by atoms with Gasteiger partial charge in [0.2, 0.25) is 0 Å². The van der Waals surface area contributed by atoms with E-state index in [0.717, 1.165) is 105 Å². The van der Waals surface area contributed by atoms with Crippen molar-refractivity contribution in [3.8, 4) is 68.5 Å². The van der Waals surface area contributed by atoms with E-state index in [4.69, 9.17) is 18.9 Å². The Bertz CT molecular complexity index is 7420. The molecule has 137 heavy (non-hydrogen) atoms. The lowest BCUT2D eigenvalue weighted by Crippen LogP contribution is -2.38. The highest BCUT2D eigenvalue weighted by atomic mass is 16.5. The molecule has 694 valence electrons. The van der Waals surface area contributed by atoms with Crippen molar-refractivity contribution in [2.45, 2.75) is 160 Å². The van der Waals surface area contributed by atoms with Gasteiger partial charge in [-0.25, -0.2) is 19.9 Å². The van der Waals surface area contributed by atoms with Gasteiger partial charge in [0.25, 0.3) is 63.1 Å². The van der Waals surface area contributed by atoms with Gasteiger partial charge in [-0.05, 0) is 117 Å². The molecule has 0 saturated heterocycles. The van der Waals surface area contributed by atoms with E-state index in [9.17, 15) is 38.4 Å². The summed E-state index contributed by atoms with van der Waals surface area (Å²) in [6.07, 6.45) is 18.4. The molecule has 21 rings (SSSR count). The largest absolute Gasteiger partial charge is 0.487 e. The number of H-pyrrole nitrogens is 4. The lowest BCUT2D eigenvalue weighted by atomic mass is 9.92. The molecule has 4 aliphatic rings. The number of rotatable bonds is 29. The summed E-state index contributed by atoms with van der Waals surface area (Å²) in [7, 11) is 1.87. The van der Waals surface area contributed by atoms with Gasteiger partial charge >= 0.3 is 0 Å². The average molecular weight is 1840 g/mol. The molecule has 0 atom stereocenters. The Morgan fingerprint density at radius 3 is 1.11 bits per heavy atom. The fraction of sp³-hybridized carbons (Fsp3) is 0.264. The highest BCUT2D eigenvalue weighted by Gasteiger charge is 2.45. The summed E-state index contributed by atoms with van der Waals surface area (Å²) in [6, 6.07) is 81.3. The summed E-state index contributed by atoms with van der Waals surface area (Å²) in [6.45, 7) is 2.89. The summed E-state index contributed by atoms with van der Waals surface area (Å²) in [4.78, 5) is 140. The number of benzene rings is 9. The first-order valence-electron chi connectivity index (χ1n) is 46.5. The van der Waals surface area contributed by atoms with Crippen molar-refractivity contribution in [1.29, 1.82) is 0 Å². The van der Waals surface area contributed by atoms with E-state index in [1.165, 1.54) is 79.1 Å². The Kier molecular flexibility index (Phi) is 28.1. The first-order chi connectivity index (χ1) is 67.0. The van der Waals surface area contributed by atoms with Crippen LogP contribution in [0.25, 0.3) is 68.7 Å². The van der Waals surface area contributed by atoms with Crippen LogP contribution in [0.2, 0.25) is 0 Å². The number of hydrogen-bond donors (Lipinski definition) is 6. The van der Waals surface area contributed by atoms with E-state index < -0.39 is 0 Å². The molecule has 4 aliphatic carbocycles. The van der Waals surface area contributed by atoms with Crippen molar-refractivity contribution in [2.75, 3.05) is 13.6 Å². The van der Waals surface area contributed by atoms with Crippen LogP contribution in [0, 0.1) is 12.8 Å². The van der Waals surface area contributed by atoms with Crippen LogP contribution >= 0.6 is 0 Å². The molecule has 9 aromatic carbocycles. The molecular weight excluding hydrogens is 1730 g/mol. The van der Waals surface area contributed by atoms with Gasteiger partial charge in [0.05, 0.1) is 45.0 Å². The van der Waals surface area contributed by atoms with E-state index in [2.05, 4.69) is 96.0 Å². The lowest BCUT2D eigenvalue weighted by molar-refractivity contribution is 0.0690. The second kappa shape index (κ2) is 42.3. The second-order valence-electron chi connectivity index (χ2n) is 34.8. The number of carbonyl (C=O) groups is 4. The van der Waals surface area contributed by atoms with E-state index in [-0.39, 0.29) is 113 Å². The van der Waals surface area contributed by atoms with Gasteiger partial charge in [-0.1, -0.05) is 252 Å². The summed E-state index contributed by atoms with van der Waals surface area (Å²) in [5.74, 6) is 5.71. The van der Waals surface area contributed by atoms with Gasteiger partial charge in [-0.3, -0.25) is 58.8 Å². The third-order valence-electron chi connectivity index (χ3n) is 25.0. The first-order valence-corrected chi connectivity index (χ1v) is 46.5. The molecular formula is C106H103N19O12. The predicted molar refractivity (Wildman–Crippen MR) is 518 cm³/mol. The maximum Gasteiger partial charge on any atom is 0.274 e. The zero-order chi connectivity index (χ0) is 94.1. The van der Waals surface area contributed by atoms with Crippen LogP contribution in [0.15, 0.2) is 286 Å². The smallest absolute Gasteiger partial charge is 0.274 e. The third kappa shape index (κ3) is 22.3. The molecule has 4 fully saturated rings. The minimum Gasteiger partial charge on any atom is -0.487 e. The summed E-state index contributed by atoms with van der Waals surface area (Å²) < 4.78 is 29.0. The SMILES string of the molecule is CN(C(=O)c1ccccc1OCc1cc(=O)n2[nH]c(-c3ccccc3)nc2n1)C1CCCCC1.Cc1ccccc1C1(CNC(=O)c2ccccc2OCc2cc(=O)n3[nH]c(-c4ccccc4)nc3n2)CC1.O=C(CCCC1CC1)c1ccccc1OCc1cc(=O)n2[nH]c(-c3ccccc3)nc2n1.O=C(NC1CCCCC1)c1ccccc1OCc1cc(=O)n2[nH]c(-c3ccccc3)nc2n1. The van der Waals surface area contributed by atoms with Crippen molar-refractivity contribution >= 4 is 46.6 Å². The molecule has 4 saturated carbocycles. The first kappa shape index (κ1) is 91.2. The number of Topliss-reactive ketones (excluding diaryl/α,β-unsaturated/α-hetero) is 1. The number of aryl methyl sites for hydroxylation is 1.